The number of anilines is 4. The predicted molar refractivity (Wildman–Crippen MR) is 278 cm³/mol. The summed E-state index contributed by atoms with van der Waals surface area (Å²) >= 11 is 0. The summed E-state index contributed by atoms with van der Waals surface area (Å²) in [6, 6.07) is 73.5. The fraction of sp³-hybridized carbons (Fsp3) is 0.175. The van der Waals surface area contributed by atoms with E-state index in [1.807, 2.05) is 0 Å². The van der Waals surface area contributed by atoms with Gasteiger partial charge in [0.25, 0.3) is 0 Å². The van der Waals surface area contributed by atoms with Crippen molar-refractivity contribution in [2.45, 2.75) is 70.9 Å². The van der Waals surface area contributed by atoms with E-state index in [2.05, 4.69) is 239 Å². The minimum atomic E-state index is -0.257. The SMILES string of the molecule is CCCC(c1cc2c(cc1C)-c1cc3c(cc1C2(C)C)C3(CC)N(c1ccc2ccccc2c1)c1ccc2ccccc2c1)N(c1ccc2ccccc2c1)c1ccc2ccccc2c1. The van der Waals surface area contributed by atoms with Gasteiger partial charge in [-0.2, -0.15) is 0 Å². The minimum absolute atomic E-state index is 0.136. The van der Waals surface area contributed by atoms with E-state index in [-0.39, 0.29) is 17.0 Å². The zero-order chi connectivity index (χ0) is 44.0. The van der Waals surface area contributed by atoms with E-state index < -0.39 is 0 Å². The van der Waals surface area contributed by atoms with E-state index in [9.17, 15) is 0 Å². The molecule has 0 bridgehead atoms. The second-order valence-corrected chi connectivity index (χ2v) is 19.2. The molecule has 0 saturated heterocycles. The zero-order valence-electron chi connectivity index (χ0n) is 38.1. The first-order valence-electron chi connectivity index (χ1n) is 23.7. The lowest BCUT2D eigenvalue weighted by atomic mass is 9.80. The number of aryl methyl sites for hydroxylation is 1. The van der Waals surface area contributed by atoms with Crippen LogP contribution in [0.15, 0.2) is 194 Å². The summed E-state index contributed by atoms with van der Waals surface area (Å²) in [6.45, 7) is 12.0. The normalized spacial score (nSPS) is 16.1. The molecule has 10 aromatic carbocycles. The molecule has 2 aliphatic carbocycles. The lowest BCUT2D eigenvalue weighted by molar-refractivity contribution is 0.606. The number of hydrogen-bond donors (Lipinski definition) is 0. The first-order valence-corrected chi connectivity index (χ1v) is 23.7. The minimum Gasteiger partial charge on any atom is -0.334 e. The number of rotatable bonds is 10. The van der Waals surface area contributed by atoms with E-state index in [4.69, 9.17) is 0 Å². The molecule has 2 nitrogen and oxygen atoms in total. The quantitative estimate of drug-likeness (QED) is 0.135. The summed E-state index contributed by atoms with van der Waals surface area (Å²) in [5.41, 5.74) is 15.7. The molecule has 0 saturated carbocycles. The van der Waals surface area contributed by atoms with Crippen molar-refractivity contribution < 1.29 is 0 Å². The topological polar surface area (TPSA) is 6.48 Å². The van der Waals surface area contributed by atoms with Crippen LogP contribution in [0, 0.1) is 6.92 Å². The molecule has 0 heterocycles. The highest BCUT2D eigenvalue weighted by molar-refractivity contribution is 5.95. The molecule has 0 N–H and O–H groups in total. The zero-order valence-corrected chi connectivity index (χ0v) is 38.1. The summed E-state index contributed by atoms with van der Waals surface area (Å²) in [4.78, 5) is 5.28. The molecular formula is C63H54N2. The van der Waals surface area contributed by atoms with Crippen LogP contribution in [-0.4, -0.2) is 0 Å². The van der Waals surface area contributed by atoms with E-state index in [0.717, 1.165) is 19.3 Å². The number of benzene rings is 10. The van der Waals surface area contributed by atoms with E-state index in [1.165, 1.54) is 110 Å². The fourth-order valence-electron chi connectivity index (χ4n) is 11.8. The maximum atomic E-state index is 2.65. The lowest BCUT2D eigenvalue weighted by Gasteiger charge is -2.36. The van der Waals surface area contributed by atoms with Gasteiger partial charge in [-0.05, 0) is 162 Å². The molecule has 316 valence electrons. The van der Waals surface area contributed by atoms with Crippen molar-refractivity contribution >= 4 is 65.8 Å². The third-order valence-electron chi connectivity index (χ3n) is 15.2. The Hall–Kier alpha value is -7.16. The van der Waals surface area contributed by atoms with Crippen LogP contribution in [0.1, 0.15) is 86.4 Å². The molecule has 2 heteroatoms. The van der Waals surface area contributed by atoms with Gasteiger partial charge < -0.3 is 9.80 Å². The van der Waals surface area contributed by atoms with Crippen molar-refractivity contribution in [2.75, 3.05) is 9.80 Å². The summed E-state index contributed by atoms with van der Waals surface area (Å²) in [5, 5.41) is 10.1. The Labute approximate surface area is 383 Å². The molecule has 0 spiro atoms. The smallest absolute Gasteiger partial charge is 0.0960 e. The highest BCUT2D eigenvalue weighted by Crippen LogP contribution is 2.63. The third-order valence-corrected chi connectivity index (χ3v) is 15.2. The van der Waals surface area contributed by atoms with Crippen molar-refractivity contribution in [1.82, 2.24) is 0 Å². The summed E-state index contributed by atoms with van der Waals surface area (Å²) in [6.07, 6.45) is 3.06. The molecule has 65 heavy (non-hydrogen) atoms. The first kappa shape index (κ1) is 39.4. The molecule has 2 atom stereocenters. The van der Waals surface area contributed by atoms with Gasteiger partial charge >= 0.3 is 0 Å². The van der Waals surface area contributed by atoms with Gasteiger partial charge in [0.05, 0.1) is 11.6 Å². The molecule has 2 aliphatic rings. The molecule has 2 unspecified atom stereocenters. The van der Waals surface area contributed by atoms with Crippen molar-refractivity contribution in [3.8, 4) is 11.1 Å². The van der Waals surface area contributed by atoms with E-state index in [1.54, 1.807) is 0 Å². The average Bonchev–Trinajstić information content (AvgIpc) is 3.92. The molecular weight excluding hydrogens is 785 g/mol. The van der Waals surface area contributed by atoms with E-state index in [0.29, 0.717) is 0 Å². The lowest BCUT2D eigenvalue weighted by Crippen LogP contribution is -2.32. The van der Waals surface area contributed by atoms with Crippen LogP contribution in [0.5, 0.6) is 0 Å². The van der Waals surface area contributed by atoms with Gasteiger partial charge in [0.2, 0.25) is 0 Å². The van der Waals surface area contributed by atoms with Gasteiger partial charge in [0, 0.05) is 28.2 Å². The maximum Gasteiger partial charge on any atom is 0.0960 e. The van der Waals surface area contributed by atoms with Crippen LogP contribution in [0.3, 0.4) is 0 Å². The largest absolute Gasteiger partial charge is 0.334 e. The fourth-order valence-corrected chi connectivity index (χ4v) is 11.8. The molecule has 10 aromatic rings. The van der Waals surface area contributed by atoms with Crippen LogP contribution in [0.2, 0.25) is 0 Å². The molecule has 0 radical (unpaired) electrons. The number of nitrogens with zero attached hydrogens (tertiary/aromatic N) is 2. The van der Waals surface area contributed by atoms with Crippen molar-refractivity contribution in [2.24, 2.45) is 0 Å². The molecule has 0 amide bonds. The van der Waals surface area contributed by atoms with Crippen LogP contribution < -0.4 is 9.80 Å². The summed E-state index contributed by atoms with van der Waals surface area (Å²) < 4.78 is 0. The molecule has 0 aliphatic heterocycles. The summed E-state index contributed by atoms with van der Waals surface area (Å²) in [7, 11) is 0. The third kappa shape index (κ3) is 6.14. The van der Waals surface area contributed by atoms with E-state index >= 15 is 0 Å². The Morgan fingerprint density at radius 3 is 1.28 bits per heavy atom. The number of fused-ring (bicyclic) bond motifs is 8. The van der Waals surface area contributed by atoms with Gasteiger partial charge in [0.1, 0.15) is 0 Å². The Morgan fingerprint density at radius 2 is 0.815 bits per heavy atom. The Morgan fingerprint density at radius 1 is 0.415 bits per heavy atom. The average molecular weight is 839 g/mol. The first-order chi connectivity index (χ1) is 31.8. The Kier molecular flexibility index (Phi) is 9.08. The van der Waals surface area contributed by atoms with Crippen LogP contribution in [0.4, 0.5) is 22.7 Å². The molecule has 0 fully saturated rings. The number of hydrogen-bond acceptors (Lipinski definition) is 2. The second-order valence-electron chi connectivity index (χ2n) is 19.2. The van der Waals surface area contributed by atoms with Crippen molar-refractivity contribution in [1.29, 1.82) is 0 Å². The Balaban J connectivity index is 0.995. The van der Waals surface area contributed by atoms with Gasteiger partial charge in [-0.15, -0.1) is 0 Å². The van der Waals surface area contributed by atoms with Gasteiger partial charge in [0.15, 0.2) is 0 Å². The highest BCUT2D eigenvalue weighted by Gasteiger charge is 2.56. The second kappa shape index (κ2) is 15.0. The van der Waals surface area contributed by atoms with Crippen LogP contribution >= 0.6 is 0 Å². The van der Waals surface area contributed by atoms with Gasteiger partial charge in [-0.25, -0.2) is 0 Å². The summed E-state index contributed by atoms with van der Waals surface area (Å²) in [5.74, 6) is 0. The monoisotopic (exact) mass is 838 g/mol. The van der Waals surface area contributed by atoms with Crippen molar-refractivity contribution in [3.05, 3.63) is 228 Å². The standard InChI is InChI=1S/C63H54N2/c1-6-16-61(64(50-29-25-42-17-8-12-21-46(42)34-50)51-30-26-43-18-9-13-22-47(43)35-51)54-38-57-55(33-41(54)3)56-39-59-60(40-58(56)62(57,4)5)63(59,7-2)65(52-31-27-44-19-10-14-23-48(44)36-52)53-32-28-45-20-11-15-24-49(45)37-53/h8-15,17-40,61H,6-7,16H2,1-5H3. The van der Waals surface area contributed by atoms with Crippen LogP contribution in [0.25, 0.3) is 54.2 Å². The van der Waals surface area contributed by atoms with Crippen molar-refractivity contribution in [3.63, 3.8) is 0 Å². The van der Waals surface area contributed by atoms with Crippen LogP contribution in [-0.2, 0) is 11.0 Å². The van der Waals surface area contributed by atoms with Gasteiger partial charge in [-0.3, -0.25) is 0 Å². The predicted octanol–water partition coefficient (Wildman–Crippen LogP) is 17.4. The maximum absolute atomic E-state index is 2.65. The van der Waals surface area contributed by atoms with Gasteiger partial charge in [-0.1, -0.05) is 174 Å². The highest BCUT2D eigenvalue weighted by atomic mass is 15.2. The Bertz CT molecular complexity index is 3360. The molecule has 0 aromatic heterocycles. The molecule has 12 rings (SSSR count).